The van der Waals surface area contributed by atoms with Gasteiger partial charge in [0.2, 0.25) is 5.78 Å². The normalized spacial score (nSPS) is 14.4. The average Bonchev–Trinajstić information content (AvgIpc) is 3.00. The van der Waals surface area contributed by atoms with E-state index in [1.165, 1.54) is 11.0 Å². The summed E-state index contributed by atoms with van der Waals surface area (Å²) in [6, 6.07) is 10.5. The van der Waals surface area contributed by atoms with Gasteiger partial charge in [-0.25, -0.2) is 0 Å². The van der Waals surface area contributed by atoms with Gasteiger partial charge in [0.15, 0.2) is 5.76 Å². The van der Waals surface area contributed by atoms with E-state index in [0.29, 0.717) is 29.2 Å². The number of allylic oxidation sites excluding steroid dienone is 1. The fourth-order valence-corrected chi connectivity index (χ4v) is 3.60. The minimum atomic E-state index is -0.188. The molecule has 0 aromatic heterocycles. The molecule has 2 aromatic carbocycles. The van der Waals surface area contributed by atoms with Crippen LogP contribution in [-0.2, 0) is 6.54 Å². The van der Waals surface area contributed by atoms with Crippen LogP contribution in [-0.4, -0.2) is 26.0 Å². The Kier molecular flexibility index (Phi) is 6.37. The monoisotopic (exact) mass is 381 g/mol. The summed E-state index contributed by atoms with van der Waals surface area (Å²) in [6.45, 7) is 6.81. The van der Waals surface area contributed by atoms with Gasteiger partial charge >= 0.3 is 0 Å². The predicted octanol–water partition coefficient (Wildman–Crippen LogP) is 2.59. The van der Waals surface area contributed by atoms with Gasteiger partial charge in [-0.1, -0.05) is 37.8 Å². The van der Waals surface area contributed by atoms with Crippen LogP contribution in [0.15, 0.2) is 42.2 Å². The molecule has 0 fully saturated rings. The summed E-state index contributed by atoms with van der Waals surface area (Å²) in [7, 11) is 1.60. The van der Waals surface area contributed by atoms with E-state index in [9.17, 15) is 9.90 Å². The van der Waals surface area contributed by atoms with Gasteiger partial charge in [-0.2, -0.15) is 0 Å². The van der Waals surface area contributed by atoms with Crippen molar-refractivity contribution in [2.75, 3.05) is 20.2 Å². The number of hydrogen-bond donors (Lipinski definition) is 1. The summed E-state index contributed by atoms with van der Waals surface area (Å²) in [6.07, 6.45) is 3.78. The average molecular weight is 381 g/mol. The molecular weight excluding hydrogens is 354 g/mol. The van der Waals surface area contributed by atoms with Crippen molar-refractivity contribution in [1.82, 2.24) is 0 Å². The van der Waals surface area contributed by atoms with Gasteiger partial charge in [0.25, 0.3) is 0 Å². The molecule has 148 valence electrons. The van der Waals surface area contributed by atoms with E-state index in [4.69, 9.17) is 9.47 Å². The third-order valence-electron chi connectivity index (χ3n) is 4.92. The number of carbonyl (C=O) groups excluding carboxylic acids is 1. The molecule has 5 nitrogen and oxygen atoms in total. The Balaban J connectivity index is 1.93. The molecule has 0 saturated carbocycles. The molecule has 0 unspecified atom stereocenters. The third-order valence-corrected chi connectivity index (χ3v) is 4.92. The lowest BCUT2D eigenvalue weighted by Gasteiger charge is -2.23. The minimum Gasteiger partial charge on any atom is -0.872 e. The van der Waals surface area contributed by atoms with Gasteiger partial charge in [0, 0.05) is 5.56 Å². The highest BCUT2D eigenvalue weighted by Gasteiger charge is 2.31. The summed E-state index contributed by atoms with van der Waals surface area (Å²) in [5, 5.41) is 12.5. The molecule has 0 amide bonds. The first-order chi connectivity index (χ1) is 13.6. The van der Waals surface area contributed by atoms with Crippen molar-refractivity contribution in [2.24, 2.45) is 0 Å². The molecule has 1 N–H and O–H groups in total. The van der Waals surface area contributed by atoms with Gasteiger partial charge in [-0.3, -0.25) is 4.79 Å². The fourth-order valence-electron chi connectivity index (χ4n) is 3.60. The molecule has 0 spiro atoms. The summed E-state index contributed by atoms with van der Waals surface area (Å²) >= 11 is 0. The standard InChI is InChI=1S/C23H27NO4/c1-4-11-24(12-5-2)15-19-20(25)10-9-18-22(26)21(28-23(18)19)14-16-7-6-8-17(13-16)27-3/h6-10,13-14,25H,4-5,11-12,15H2,1-3H3/b21-14-. The van der Waals surface area contributed by atoms with Gasteiger partial charge in [-0.15, -0.1) is 0 Å². The molecular formula is C23H27NO4. The van der Waals surface area contributed by atoms with Crippen LogP contribution in [0.5, 0.6) is 17.2 Å². The molecule has 0 aliphatic carbocycles. The zero-order valence-corrected chi connectivity index (χ0v) is 16.7. The van der Waals surface area contributed by atoms with Crippen LogP contribution in [0.3, 0.4) is 0 Å². The quantitative estimate of drug-likeness (QED) is 0.714. The number of hydrogen-bond acceptors (Lipinski definition) is 4. The maximum absolute atomic E-state index is 12.8. The van der Waals surface area contributed by atoms with Gasteiger partial charge in [0.1, 0.15) is 18.0 Å². The highest BCUT2D eigenvalue weighted by Crippen LogP contribution is 2.38. The Bertz CT molecular complexity index is 882. The van der Waals surface area contributed by atoms with Crippen molar-refractivity contribution < 1.29 is 24.3 Å². The number of rotatable bonds is 8. The molecule has 1 aliphatic rings. The number of fused-ring (bicyclic) bond motifs is 1. The molecule has 2 aromatic rings. The van der Waals surface area contributed by atoms with E-state index in [1.54, 1.807) is 19.3 Å². The lowest BCUT2D eigenvalue weighted by Crippen LogP contribution is -3.10. The summed E-state index contributed by atoms with van der Waals surface area (Å²) in [5.41, 5.74) is 1.87. The number of ketones is 1. The molecule has 3 rings (SSSR count). The van der Waals surface area contributed by atoms with E-state index in [1.807, 2.05) is 24.3 Å². The van der Waals surface area contributed by atoms with Gasteiger partial charge in [-0.05, 0) is 42.7 Å². The van der Waals surface area contributed by atoms with Crippen LogP contribution < -0.4 is 19.5 Å². The molecule has 5 heteroatoms. The molecule has 1 aliphatic heterocycles. The van der Waals surface area contributed by atoms with Crippen LogP contribution in [0, 0.1) is 0 Å². The minimum absolute atomic E-state index is 0.0705. The second-order valence-electron chi connectivity index (χ2n) is 7.06. The number of benzene rings is 2. The molecule has 0 radical (unpaired) electrons. The van der Waals surface area contributed by atoms with Crippen LogP contribution in [0.2, 0.25) is 0 Å². The highest BCUT2D eigenvalue weighted by molar-refractivity contribution is 6.14. The number of quaternary nitrogens is 1. The lowest BCUT2D eigenvalue weighted by atomic mass is 10.0. The van der Waals surface area contributed by atoms with Crippen LogP contribution in [0.1, 0.15) is 48.2 Å². The van der Waals surface area contributed by atoms with Gasteiger partial charge < -0.3 is 19.5 Å². The molecule has 0 atom stereocenters. The van der Waals surface area contributed by atoms with Crippen molar-refractivity contribution >= 4 is 11.9 Å². The number of ether oxygens (including phenoxy) is 2. The third kappa shape index (κ3) is 4.20. The van der Waals surface area contributed by atoms with Crippen molar-refractivity contribution in [3.63, 3.8) is 0 Å². The highest BCUT2D eigenvalue weighted by atomic mass is 16.5. The Labute approximate surface area is 166 Å². The number of Topliss-reactive ketones (excluding diaryl/α,β-unsaturated/α-hetero) is 1. The largest absolute Gasteiger partial charge is 0.872 e. The fraction of sp³-hybridized carbons (Fsp3) is 0.348. The Morgan fingerprint density at radius 2 is 1.89 bits per heavy atom. The Hall–Kier alpha value is -2.79. The molecule has 0 bridgehead atoms. The summed E-state index contributed by atoms with van der Waals surface area (Å²) in [4.78, 5) is 14.2. The van der Waals surface area contributed by atoms with E-state index >= 15 is 0 Å². The second kappa shape index (κ2) is 8.93. The zero-order valence-electron chi connectivity index (χ0n) is 16.7. The lowest BCUT2D eigenvalue weighted by molar-refractivity contribution is -0.914. The molecule has 1 heterocycles. The van der Waals surface area contributed by atoms with Gasteiger partial charge in [0.05, 0.1) is 25.8 Å². The van der Waals surface area contributed by atoms with Crippen molar-refractivity contribution in [3.8, 4) is 17.2 Å². The first-order valence-corrected chi connectivity index (χ1v) is 9.82. The Morgan fingerprint density at radius 1 is 1.14 bits per heavy atom. The van der Waals surface area contributed by atoms with Crippen LogP contribution >= 0.6 is 0 Å². The van der Waals surface area contributed by atoms with Crippen LogP contribution in [0.4, 0.5) is 0 Å². The number of carbonyl (C=O) groups is 1. The van der Waals surface area contributed by atoms with Crippen molar-refractivity contribution in [3.05, 3.63) is 58.8 Å². The topological polar surface area (TPSA) is 63.0 Å². The second-order valence-corrected chi connectivity index (χ2v) is 7.06. The Morgan fingerprint density at radius 3 is 2.57 bits per heavy atom. The van der Waals surface area contributed by atoms with E-state index in [2.05, 4.69) is 13.8 Å². The summed E-state index contributed by atoms with van der Waals surface area (Å²) < 4.78 is 11.2. The van der Waals surface area contributed by atoms with Crippen LogP contribution in [0.25, 0.3) is 6.08 Å². The maximum Gasteiger partial charge on any atom is 0.231 e. The zero-order chi connectivity index (χ0) is 20.1. The van der Waals surface area contributed by atoms with Crippen molar-refractivity contribution in [1.29, 1.82) is 0 Å². The van der Waals surface area contributed by atoms with Crippen molar-refractivity contribution in [2.45, 2.75) is 33.2 Å². The number of nitrogens with one attached hydrogen (secondary N) is 1. The SMILES string of the molecule is CCC[NH+](CCC)Cc1c([O-])ccc2c1O/C(=C\c1cccc(OC)c1)C2=O. The smallest absolute Gasteiger partial charge is 0.231 e. The first-order valence-electron chi connectivity index (χ1n) is 9.82. The first kappa shape index (κ1) is 20.0. The van der Waals surface area contributed by atoms with E-state index < -0.39 is 0 Å². The van der Waals surface area contributed by atoms with E-state index in [0.717, 1.165) is 31.5 Å². The van der Waals surface area contributed by atoms with E-state index in [-0.39, 0.29) is 17.3 Å². The molecule has 28 heavy (non-hydrogen) atoms. The predicted molar refractivity (Wildman–Crippen MR) is 107 cm³/mol. The molecule has 0 saturated heterocycles. The number of methoxy groups -OCH3 is 1. The summed E-state index contributed by atoms with van der Waals surface area (Å²) in [5.74, 6) is 1.11. The maximum atomic E-state index is 12.8.